The lowest BCUT2D eigenvalue weighted by atomic mass is 9.95. The van der Waals surface area contributed by atoms with Gasteiger partial charge >= 0.3 is 5.97 Å². The second-order valence-corrected chi connectivity index (χ2v) is 6.63. The number of para-hydroxylation sites is 1. The predicted molar refractivity (Wildman–Crippen MR) is 81.3 cm³/mol. The number of carbonyl (C=O) groups is 2. The number of carboxylic acid groups (broad SMARTS) is 1. The van der Waals surface area contributed by atoms with Crippen molar-refractivity contribution in [2.75, 3.05) is 5.32 Å². The number of nitrogens with one attached hydrogen (secondary N) is 1. The van der Waals surface area contributed by atoms with Crippen molar-refractivity contribution in [3.05, 3.63) is 24.3 Å². The maximum absolute atomic E-state index is 12.3. The molecule has 0 bridgehead atoms. The minimum Gasteiger partial charge on any atom is -0.481 e. The van der Waals surface area contributed by atoms with Crippen LogP contribution in [-0.2, 0) is 9.59 Å². The minimum absolute atomic E-state index is 0.231. The first kappa shape index (κ1) is 14.0. The SMILES string of the molecule is CC1C[C@H](C(=O)Nc2nc3ccccc3s2)[C@H](C(=O)O)C1. The number of aliphatic carboxylic acids is 1. The van der Waals surface area contributed by atoms with Crippen LogP contribution >= 0.6 is 11.3 Å². The van der Waals surface area contributed by atoms with E-state index in [2.05, 4.69) is 10.3 Å². The number of rotatable bonds is 3. The fourth-order valence-corrected chi connectivity index (χ4v) is 3.85. The molecule has 1 unspecified atom stereocenters. The molecule has 6 heteroatoms. The molecule has 1 aliphatic carbocycles. The van der Waals surface area contributed by atoms with Crippen molar-refractivity contribution in [1.82, 2.24) is 4.98 Å². The number of anilines is 1. The molecule has 2 N–H and O–H groups in total. The van der Waals surface area contributed by atoms with Gasteiger partial charge in [-0.05, 0) is 30.9 Å². The molecule has 110 valence electrons. The zero-order chi connectivity index (χ0) is 15.0. The number of carboxylic acids is 1. The van der Waals surface area contributed by atoms with Gasteiger partial charge in [0.2, 0.25) is 5.91 Å². The average Bonchev–Trinajstić information content (AvgIpc) is 3.01. The molecule has 3 rings (SSSR count). The number of hydrogen-bond acceptors (Lipinski definition) is 4. The summed E-state index contributed by atoms with van der Waals surface area (Å²) in [5.74, 6) is -1.91. The molecule has 0 aliphatic heterocycles. The van der Waals surface area contributed by atoms with Gasteiger partial charge in [-0.1, -0.05) is 30.4 Å². The standard InChI is InChI=1S/C15H16N2O3S/c1-8-6-9(10(7-8)14(19)20)13(18)17-15-16-11-4-2-3-5-12(11)21-15/h2-5,8-10H,6-7H2,1H3,(H,19,20)(H,16,17,18)/t8?,9-,10+/m0/s1. The highest BCUT2D eigenvalue weighted by Gasteiger charge is 2.41. The third-order valence-corrected chi connectivity index (χ3v) is 4.93. The van der Waals surface area contributed by atoms with E-state index in [1.165, 1.54) is 11.3 Å². The number of carbonyl (C=O) groups excluding carboxylic acids is 1. The Labute approximate surface area is 126 Å². The summed E-state index contributed by atoms with van der Waals surface area (Å²) in [6, 6.07) is 7.65. The van der Waals surface area contributed by atoms with E-state index in [9.17, 15) is 14.7 Å². The predicted octanol–water partition coefficient (Wildman–Crippen LogP) is 2.98. The van der Waals surface area contributed by atoms with Crippen LogP contribution in [0.15, 0.2) is 24.3 Å². The molecule has 1 saturated carbocycles. The molecule has 2 aromatic rings. The molecular weight excluding hydrogens is 288 g/mol. The monoisotopic (exact) mass is 304 g/mol. The summed E-state index contributed by atoms with van der Waals surface area (Å²) in [5.41, 5.74) is 0.840. The van der Waals surface area contributed by atoms with E-state index in [1.807, 2.05) is 31.2 Å². The van der Waals surface area contributed by atoms with Gasteiger partial charge in [0.1, 0.15) is 0 Å². The van der Waals surface area contributed by atoms with Gasteiger partial charge in [0.25, 0.3) is 0 Å². The molecule has 1 heterocycles. The van der Waals surface area contributed by atoms with E-state index in [4.69, 9.17) is 0 Å². The van der Waals surface area contributed by atoms with Gasteiger partial charge in [-0.2, -0.15) is 0 Å². The van der Waals surface area contributed by atoms with Crippen LogP contribution in [0, 0.1) is 17.8 Å². The van der Waals surface area contributed by atoms with Crippen molar-refractivity contribution in [2.45, 2.75) is 19.8 Å². The molecule has 5 nitrogen and oxygen atoms in total. The minimum atomic E-state index is -0.885. The molecule has 0 radical (unpaired) electrons. The highest BCUT2D eigenvalue weighted by Crippen LogP contribution is 2.37. The summed E-state index contributed by atoms with van der Waals surface area (Å²) in [6.07, 6.45) is 1.18. The first-order valence-corrected chi connectivity index (χ1v) is 7.75. The number of nitrogens with zero attached hydrogens (tertiary/aromatic N) is 1. The Morgan fingerprint density at radius 3 is 2.71 bits per heavy atom. The van der Waals surface area contributed by atoms with Crippen molar-refractivity contribution < 1.29 is 14.7 Å². The smallest absolute Gasteiger partial charge is 0.307 e. The number of aromatic nitrogens is 1. The quantitative estimate of drug-likeness (QED) is 0.913. The lowest BCUT2D eigenvalue weighted by molar-refractivity contribution is -0.145. The summed E-state index contributed by atoms with van der Waals surface area (Å²) in [5, 5.41) is 12.6. The topological polar surface area (TPSA) is 79.3 Å². The average molecular weight is 304 g/mol. The van der Waals surface area contributed by atoms with Gasteiger partial charge in [0.15, 0.2) is 5.13 Å². The molecule has 3 atom stereocenters. The normalized spacial score (nSPS) is 25.1. The molecule has 21 heavy (non-hydrogen) atoms. The molecule has 1 aliphatic rings. The van der Waals surface area contributed by atoms with E-state index < -0.39 is 17.8 Å². The maximum atomic E-state index is 12.3. The summed E-state index contributed by atoms with van der Waals surface area (Å²) >= 11 is 1.40. The molecule has 1 amide bonds. The van der Waals surface area contributed by atoms with E-state index in [-0.39, 0.29) is 11.8 Å². The molecular formula is C15H16N2O3S. The number of fused-ring (bicyclic) bond motifs is 1. The first-order chi connectivity index (χ1) is 10.0. The second kappa shape index (κ2) is 5.44. The van der Waals surface area contributed by atoms with Crippen LogP contribution in [-0.4, -0.2) is 22.0 Å². The Morgan fingerprint density at radius 1 is 1.29 bits per heavy atom. The van der Waals surface area contributed by atoms with Crippen molar-refractivity contribution in [1.29, 1.82) is 0 Å². The van der Waals surface area contributed by atoms with Crippen LogP contribution in [0.1, 0.15) is 19.8 Å². The summed E-state index contributed by atoms with van der Waals surface area (Å²) < 4.78 is 1.00. The Bertz CT molecular complexity index is 664. The fraction of sp³-hybridized carbons (Fsp3) is 0.400. The number of thiazole rings is 1. The van der Waals surface area contributed by atoms with Crippen molar-refractivity contribution in [3.8, 4) is 0 Å². The van der Waals surface area contributed by atoms with E-state index in [1.54, 1.807) is 0 Å². The molecule has 1 aromatic heterocycles. The Hall–Kier alpha value is -1.95. The van der Waals surface area contributed by atoms with Gasteiger partial charge < -0.3 is 10.4 Å². The highest BCUT2D eigenvalue weighted by atomic mass is 32.1. The van der Waals surface area contributed by atoms with E-state index in [0.29, 0.717) is 18.0 Å². The molecule has 0 spiro atoms. The molecule has 0 saturated heterocycles. The third-order valence-electron chi connectivity index (χ3n) is 3.98. The van der Waals surface area contributed by atoms with Crippen LogP contribution < -0.4 is 5.32 Å². The summed E-state index contributed by atoms with van der Waals surface area (Å²) in [4.78, 5) is 28.0. The Kier molecular flexibility index (Phi) is 3.63. The Balaban J connectivity index is 1.77. The Morgan fingerprint density at radius 2 is 2.00 bits per heavy atom. The van der Waals surface area contributed by atoms with Crippen molar-refractivity contribution >= 4 is 38.6 Å². The van der Waals surface area contributed by atoms with Crippen LogP contribution in [0.25, 0.3) is 10.2 Å². The number of benzene rings is 1. The van der Waals surface area contributed by atoms with Crippen LogP contribution in [0.3, 0.4) is 0 Å². The van der Waals surface area contributed by atoms with Gasteiger partial charge in [0, 0.05) is 0 Å². The van der Waals surface area contributed by atoms with Gasteiger partial charge in [-0.3, -0.25) is 9.59 Å². The fourth-order valence-electron chi connectivity index (χ4n) is 2.98. The van der Waals surface area contributed by atoms with Crippen LogP contribution in [0.5, 0.6) is 0 Å². The highest BCUT2D eigenvalue weighted by molar-refractivity contribution is 7.22. The summed E-state index contributed by atoms with van der Waals surface area (Å²) in [7, 11) is 0. The summed E-state index contributed by atoms with van der Waals surface area (Å²) in [6.45, 7) is 1.99. The molecule has 1 aromatic carbocycles. The van der Waals surface area contributed by atoms with Gasteiger partial charge in [-0.25, -0.2) is 4.98 Å². The van der Waals surface area contributed by atoms with E-state index in [0.717, 1.165) is 10.2 Å². The van der Waals surface area contributed by atoms with Crippen molar-refractivity contribution in [3.63, 3.8) is 0 Å². The molecule has 1 fully saturated rings. The van der Waals surface area contributed by atoms with Gasteiger partial charge in [-0.15, -0.1) is 0 Å². The lowest BCUT2D eigenvalue weighted by Gasteiger charge is -2.14. The maximum Gasteiger partial charge on any atom is 0.307 e. The number of hydrogen-bond donors (Lipinski definition) is 2. The van der Waals surface area contributed by atoms with E-state index >= 15 is 0 Å². The first-order valence-electron chi connectivity index (χ1n) is 6.94. The zero-order valence-corrected chi connectivity index (χ0v) is 12.4. The zero-order valence-electron chi connectivity index (χ0n) is 11.6. The lowest BCUT2D eigenvalue weighted by Crippen LogP contribution is -2.29. The second-order valence-electron chi connectivity index (χ2n) is 5.60. The van der Waals surface area contributed by atoms with Crippen LogP contribution in [0.2, 0.25) is 0 Å². The van der Waals surface area contributed by atoms with Crippen LogP contribution in [0.4, 0.5) is 5.13 Å². The third kappa shape index (κ3) is 2.76. The van der Waals surface area contributed by atoms with Gasteiger partial charge in [0.05, 0.1) is 22.1 Å². The largest absolute Gasteiger partial charge is 0.481 e. The van der Waals surface area contributed by atoms with Crippen molar-refractivity contribution in [2.24, 2.45) is 17.8 Å². The number of amides is 1.